The van der Waals surface area contributed by atoms with Crippen LogP contribution >= 0.6 is 0 Å². The molecule has 0 aliphatic carbocycles. The largest absolute Gasteiger partial charge is 0.358 e. The predicted octanol–water partition coefficient (Wildman–Crippen LogP) is 8.62. The second-order valence-corrected chi connectivity index (χ2v) is 23.4. The standard InChI is InChI=1S/C55H77N9O8S2/c1-10-14-28-63(29-15-11-2)73(69,70)40-20-22-46-42(32-40)44(52(65)60-46)34-48-36(5)50(38(7)58-48)54(67)56-24-18-26-62(9)27-19-25-57-55(68)51-37(6)49(59-39(51)8)35-45-43-33-41(21-23-47(43)61-53(45)66)74(71,72)64(30-16-12-3)31-17-13-4/h20-23,32-35,58-59H,10-19,24-31H2,1-9H3,(H,56,67)(H,57,68)(H,60,65)(H,61,66)/b44-34-,45-35+. The van der Waals surface area contributed by atoms with Crippen molar-refractivity contribution in [2.24, 2.45) is 0 Å². The van der Waals surface area contributed by atoms with Crippen LogP contribution in [-0.4, -0.2) is 123 Å². The number of aryl methyl sites for hydroxylation is 2. The average Bonchev–Trinajstić information content (AvgIpc) is 4.05. The summed E-state index contributed by atoms with van der Waals surface area (Å²) in [7, 11) is -5.60. The lowest BCUT2D eigenvalue weighted by molar-refractivity contribution is -0.111. The molecule has 2 aliphatic heterocycles. The molecule has 0 atom stereocenters. The van der Waals surface area contributed by atoms with Gasteiger partial charge in [0.05, 0.1) is 32.1 Å². The molecule has 74 heavy (non-hydrogen) atoms. The molecule has 4 amide bonds. The van der Waals surface area contributed by atoms with Gasteiger partial charge in [0.2, 0.25) is 20.0 Å². The van der Waals surface area contributed by atoms with E-state index in [9.17, 15) is 36.0 Å². The number of nitrogens with one attached hydrogen (secondary N) is 6. The van der Waals surface area contributed by atoms with Crippen molar-refractivity contribution in [1.82, 2.24) is 34.1 Å². The minimum absolute atomic E-state index is 0.136. The number of unbranched alkanes of at least 4 members (excludes halogenated alkanes) is 4. The molecule has 0 saturated carbocycles. The fraction of sp³-hybridized carbons (Fsp3) is 0.491. The van der Waals surface area contributed by atoms with Gasteiger partial charge in [-0.15, -0.1) is 0 Å². The van der Waals surface area contributed by atoms with Gasteiger partial charge in [-0.05, 0) is 146 Å². The van der Waals surface area contributed by atoms with Gasteiger partial charge in [-0.2, -0.15) is 8.61 Å². The van der Waals surface area contributed by atoms with E-state index in [-0.39, 0.29) is 33.4 Å². The topological polar surface area (TPSA) is 226 Å². The molecular weight excluding hydrogens is 979 g/mol. The van der Waals surface area contributed by atoms with E-state index in [1.165, 1.54) is 8.61 Å². The van der Waals surface area contributed by atoms with Gasteiger partial charge >= 0.3 is 0 Å². The summed E-state index contributed by atoms with van der Waals surface area (Å²) in [5, 5.41) is 11.8. The van der Waals surface area contributed by atoms with Crippen molar-refractivity contribution in [2.45, 2.75) is 129 Å². The van der Waals surface area contributed by atoms with E-state index in [0.717, 1.165) is 51.4 Å². The van der Waals surface area contributed by atoms with Gasteiger partial charge in [-0.25, -0.2) is 16.8 Å². The lowest BCUT2D eigenvalue weighted by Crippen LogP contribution is -2.33. The van der Waals surface area contributed by atoms with Gasteiger partial charge in [0.25, 0.3) is 23.6 Å². The number of hydrogen-bond donors (Lipinski definition) is 6. The molecule has 4 heterocycles. The quantitative estimate of drug-likeness (QED) is 0.0236. The number of carbonyl (C=O) groups excluding carboxylic acids is 4. The third-order valence-electron chi connectivity index (χ3n) is 13.9. The number of fused-ring (bicyclic) bond motifs is 2. The highest BCUT2D eigenvalue weighted by Gasteiger charge is 2.32. The van der Waals surface area contributed by atoms with Crippen molar-refractivity contribution in [3.05, 3.63) is 92.6 Å². The summed E-state index contributed by atoms with van der Waals surface area (Å²) >= 11 is 0. The van der Waals surface area contributed by atoms with Crippen molar-refractivity contribution in [2.75, 3.05) is 70.0 Å². The van der Waals surface area contributed by atoms with Gasteiger partial charge in [-0.1, -0.05) is 53.4 Å². The average molecular weight is 1060 g/mol. The Bertz CT molecular complexity index is 2790. The molecule has 0 fully saturated rings. The molecule has 0 unspecified atom stereocenters. The first-order valence-electron chi connectivity index (χ1n) is 26.3. The number of H-pyrrole nitrogens is 2. The Morgan fingerprint density at radius 1 is 0.541 bits per heavy atom. The van der Waals surface area contributed by atoms with Crippen molar-refractivity contribution in [3.8, 4) is 0 Å². The van der Waals surface area contributed by atoms with Crippen molar-refractivity contribution < 1.29 is 36.0 Å². The van der Waals surface area contributed by atoms with Gasteiger partial charge in [0.1, 0.15) is 0 Å². The first kappa shape index (κ1) is 57.4. The first-order valence-corrected chi connectivity index (χ1v) is 29.1. The van der Waals surface area contributed by atoms with Crippen LogP contribution in [0.4, 0.5) is 11.4 Å². The fourth-order valence-electron chi connectivity index (χ4n) is 9.48. The number of aromatic nitrogens is 2. The van der Waals surface area contributed by atoms with Crippen LogP contribution in [0.3, 0.4) is 0 Å². The van der Waals surface area contributed by atoms with Crippen LogP contribution < -0.4 is 21.3 Å². The lowest BCUT2D eigenvalue weighted by Gasteiger charge is -2.22. The summed E-state index contributed by atoms with van der Waals surface area (Å²) in [6, 6.07) is 9.49. The van der Waals surface area contributed by atoms with Gasteiger partial charge in [-0.3, -0.25) is 19.2 Å². The fourth-order valence-corrected chi connectivity index (χ4v) is 12.6. The minimum atomic E-state index is -3.79. The van der Waals surface area contributed by atoms with E-state index in [1.807, 2.05) is 48.6 Å². The molecule has 6 N–H and O–H groups in total. The van der Waals surface area contributed by atoms with E-state index in [0.29, 0.717) is 144 Å². The molecule has 19 heteroatoms. The van der Waals surface area contributed by atoms with Crippen molar-refractivity contribution in [3.63, 3.8) is 0 Å². The van der Waals surface area contributed by atoms with Crippen LogP contribution in [-0.2, 0) is 29.6 Å². The number of benzene rings is 2. The molecule has 2 aromatic heterocycles. The molecule has 0 saturated heterocycles. The Kier molecular flexibility index (Phi) is 19.9. The molecule has 6 rings (SSSR count). The normalized spacial score (nSPS) is 14.6. The third kappa shape index (κ3) is 13.1. The second kappa shape index (κ2) is 25.6. The molecule has 0 spiro atoms. The zero-order valence-corrected chi connectivity index (χ0v) is 46.4. The Balaban J connectivity index is 1.00. The molecule has 0 radical (unpaired) electrons. The van der Waals surface area contributed by atoms with Gasteiger partial charge in [0, 0.05) is 84.5 Å². The number of carbonyl (C=O) groups is 4. The highest BCUT2D eigenvalue weighted by molar-refractivity contribution is 7.89. The minimum Gasteiger partial charge on any atom is -0.358 e. The Labute approximate surface area is 438 Å². The molecule has 17 nitrogen and oxygen atoms in total. The zero-order chi connectivity index (χ0) is 53.9. The summed E-state index contributed by atoms with van der Waals surface area (Å²) in [5.74, 6) is -1.20. The Hall–Kier alpha value is -5.86. The monoisotopic (exact) mass is 1060 g/mol. The summed E-state index contributed by atoms with van der Waals surface area (Å²) < 4.78 is 58.3. The van der Waals surface area contributed by atoms with Crippen LogP contribution in [0.1, 0.15) is 158 Å². The van der Waals surface area contributed by atoms with Crippen LogP contribution in [0.5, 0.6) is 0 Å². The van der Waals surface area contributed by atoms with E-state index < -0.39 is 20.0 Å². The van der Waals surface area contributed by atoms with Crippen LogP contribution in [0, 0.1) is 27.7 Å². The summed E-state index contributed by atoms with van der Waals surface area (Å²) in [5.41, 5.74) is 7.41. The number of hydrogen-bond acceptors (Lipinski definition) is 9. The SMILES string of the molecule is CCCCN(CCCC)S(=O)(=O)c1ccc2c(c1)/C(=C/c1[nH]c(C)c(C(=O)NCCCN(C)CCCNC(=O)c3c(C)[nH]c(/C=C4/C(=O)Nc5ccc(S(=O)(=O)N(CCCC)CCCC)cc54)c3C)c1C)C(=O)N2. The maximum absolute atomic E-state index is 13.8. The van der Waals surface area contributed by atoms with Crippen LogP contribution in [0.25, 0.3) is 23.3 Å². The Morgan fingerprint density at radius 3 is 1.23 bits per heavy atom. The Morgan fingerprint density at radius 2 is 0.892 bits per heavy atom. The van der Waals surface area contributed by atoms with Gasteiger partial charge < -0.3 is 36.1 Å². The van der Waals surface area contributed by atoms with Crippen LogP contribution in [0.2, 0.25) is 0 Å². The molecule has 4 aromatic rings. The molecular formula is C55H77N9O8S2. The molecule has 2 aromatic carbocycles. The van der Waals surface area contributed by atoms with E-state index in [4.69, 9.17) is 0 Å². The highest BCUT2D eigenvalue weighted by Crippen LogP contribution is 2.38. The molecule has 402 valence electrons. The number of amides is 4. The van der Waals surface area contributed by atoms with Gasteiger partial charge in [0.15, 0.2) is 0 Å². The lowest BCUT2D eigenvalue weighted by atomic mass is 10.0. The summed E-state index contributed by atoms with van der Waals surface area (Å²) in [6.07, 6.45) is 11.2. The van der Waals surface area contributed by atoms with E-state index >= 15 is 0 Å². The van der Waals surface area contributed by atoms with Crippen LogP contribution in [0.15, 0.2) is 46.2 Å². The number of sulfonamides is 2. The first-order chi connectivity index (χ1) is 35.3. The van der Waals surface area contributed by atoms with Crippen molar-refractivity contribution in [1.29, 1.82) is 0 Å². The number of rotatable bonds is 28. The van der Waals surface area contributed by atoms with E-state index in [1.54, 1.807) is 62.4 Å². The number of aromatic amines is 2. The maximum Gasteiger partial charge on any atom is 0.256 e. The second-order valence-electron chi connectivity index (χ2n) is 19.5. The number of anilines is 2. The summed E-state index contributed by atoms with van der Waals surface area (Å²) in [6.45, 7) is 19.3. The maximum atomic E-state index is 13.8. The predicted molar refractivity (Wildman–Crippen MR) is 295 cm³/mol. The molecule has 2 aliphatic rings. The summed E-state index contributed by atoms with van der Waals surface area (Å²) in [4.78, 5) is 62.5. The smallest absolute Gasteiger partial charge is 0.256 e. The van der Waals surface area contributed by atoms with Crippen molar-refractivity contribution >= 4 is 78.3 Å². The third-order valence-corrected chi connectivity index (χ3v) is 17.6. The highest BCUT2D eigenvalue weighted by atomic mass is 32.2. The zero-order valence-electron chi connectivity index (χ0n) is 44.8. The number of nitrogens with zero attached hydrogens (tertiary/aromatic N) is 3. The van der Waals surface area contributed by atoms with E-state index in [2.05, 4.69) is 36.1 Å². The molecule has 0 bridgehead atoms.